The first-order valence-electron chi connectivity index (χ1n) is 11.1. The molecule has 0 saturated carbocycles. The second-order valence-corrected chi connectivity index (χ2v) is 9.05. The maximum absolute atomic E-state index is 13.4. The standard InChI is InChI=1S/C27H22ClN5O2/c1-14-9-19(16(3)31-21-6-8-24(28)32-22(21)12-29)27-20(10-14)25(34)15(2)26(35-27)17-5-7-23-18(11-17)13-30-33(23)4/h5-11,13,16,31H,1-4H3/t16-/m1/s1. The van der Waals surface area contributed by atoms with Crippen molar-refractivity contribution >= 4 is 39.2 Å². The first kappa shape index (κ1) is 22.6. The summed E-state index contributed by atoms with van der Waals surface area (Å²) in [6.45, 7) is 5.68. The number of hydrogen-bond donors (Lipinski definition) is 1. The summed E-state index contributed by atoms with van der Waals surface area (Å²) in [4.78, 5) is 17.5. The van der Waals surface area contributed by atoms with Crippen LogP contribution in [0, 0.1) is 25.2 Å². The molecule has 1 atom stereocenters. The molecule has 35 heavy (non-hydrogen) atoms. The van der Waals surface area contributed by atoms with Crippen LogP contribution in [0.15, 0.2) is 57.9 Å². The fourth-order valence-electron chi connectivity index (χ4n) is 4.42. The molecular formula is C27H22ClN5O2. The highest BCUT2D eigenvalue weighted by atomic mass is 35.5. The van der Waals surface area contributed by atoms with Gasteiger partial charge in [0.25, 0.3) is 0 Å². The van der Waals surface area contributed by atoms with E-state index in [1.54, 1.807) is 29.9 Å². The normalized spacial score (nSPS) is 12.1. The van der Waals surface area contributed by atoms with Crippen molar-refractivity contribution in [3.8, 4) is 17.4 Å². The zero-order chi connectivity index (χ0) is 24.9. The SMILES string of the molecule is Cc1cc([C@@H](C)Nc2ccc(Cl)nc2C#N)c2oc(-c3ccc4c(cnn4C)c3)c(C)c(=O)c2c1. The summed E-state index contributed by atoms with van der Waals surface area (Å²) in [7, 11) is 1.89. The predicted molar refractivity (Wildman–Crippen MR) is 138 cm³/mol. The maximum atomic E-state index is 13.4. The van der Waals surface area contributed by atoms with Gasteiger partial charge in [0.2, 0.25) is 0 Å². The predicted octanol–water partition coefficient (Wildman–Crippen LogP) is 6.06. The summed E-state index contributed by atoms with van der Waals surface area (Å²) in [6.07, 6.45) is 1.79. The molecule has 3 aromatic heterocycles. The van der Waals surface area contributed by atoms with Crippen LogP contribution < -0.4 is 10.7 Å². The number of hydrogen-bond acceptors (Lipinski definition) is 6. The Morgan fingerprint density at radius 2 is 1.97 bits per heavy atom. The maximum Gasteiger partial charge on any atom is 0.196 e. The highest BCUT2D eigenvalue weighted by Gasteiger charge is 2.20. The number of anilines is 1. The molecule has 0 aliphatic rings. The van der Waals surface area contributed by atoms with E-state index in [0.29, 0.717) is 28.0 Å². The number of aryl methyl sites for hydroxylation is 2. The molecule has 1 N–H and O–H groups in total. The van der Waals surface area contributed by atoms with Crippen molar-refractivity contribution in [3.05, 3.63) is 86.4 Å². The monoisotopic (exact) mass is 483 g/mol. The first-order chi connectivity index (χ1) is 16.8. The van der Waals surface area contributed by atoms with Gasteiger partial charge in [-0.05, 0) is 62.7 Å². The molecule has 0 unspecified atom stereocenters. The number of benzene rings is 2. The summed E-state index contributed by atoms with van der Waals surface area (Å²) in [5, 5.41) is 18.8. The molecule has 0 radical (unpaired) electrons. The summed E-state index contributed by atoms with van der Waals surface area (Å²) in [6, 6.07) is 14.9. The number of pyridine rings is 1. The lowest BCUT2D eigenvalue weighted by Gasteiger charge is -2.19. The molecule has 2 aromatic carbocycles. The van der Waals surface area contributed by atoms with Gasteiger partial charge in [0, 0.05) is 29.1 Å². The summed E-state index contributed by atoms with van der Waals surface area (Å²) in [5.74, 6) is 0.524. The minimum Gasteiger partial charge on any atom is -0.455 e. The third kappa shape index (κ3) is 3.92. The van der Waals surface area contributed by atoms with E-state index in [9.17, 15) is 10.1 Å². The number of aromatic nitrogens is 3. The Kier molecular flexibility index (Phi) is 5.54. The van der Waals surface area contributed by atoms with Gasteiger partial charge < -0.3 is 9.73 Å². The third-order valence-electron chi connectivity index (χ3n) is 6.21. The quantitative estimate of drug-likeness (QED) is 0.312. The van der Waals surface area contributed by atoms with Crippen molar-refractivity contribution in [3.63, 3.8) is 0 Å². The summed E-state index contributed by atoms with van der Waals surface area (Å²) >= 11 is 5.95. The number of nitriles is 1. The summed E-state index contributed by atoms with van der Waals surface area (Å²) in [5.41, 5.74) is 5.28. The molecule has 3 heterocycles. The molecule has 8 heteroatoms. The van der Waals surface area contributed by atoms with Crippen LogP contribution in [0.4, 0.5) is 5.69 Å². The van der Waals surface area contributed by atoms with Crippen molar-refractivity contribution in [1.82, 2.24) is 14.8 Å². The molecule has 0 fully saturated rings. The molecule has 0 amide bonds. The molecule has 174 valence electrons. The Hall–Kier alpha value is -4.15. The summed E-state index contributed by atoms with van der Waals surface area (Å²) < 4.78 is 8.27. The van der Waals surface area contributed by atoms with Crippen molar-refractivity contribution in [2.45, 2.75) is 26.8 Å². The van der Waals surface area contributed by atoms with Crippen molar-refractivity contribution in [2.75, 3.05) is 5.32 Å². The minimum atomic E-state index is -0.285. The largest absolute Gasteiger partial charge is 0.455 e. The molecule has 0 bridgehead atoms. The van der Waals surface area contributed by atoms with E-state index in [0.717, 1.165) is 27.6 Å². The molecule has 0 aliphatic heterocycles. The van der Waals surface area contributed by atoms with Crippen LogP contribution in [-0.2, 0) is 7.05 Å². The zero-order valence-corrected chi connectivity index (χ0v) is 20.4. The number of nitrogens with zero attached hydrogens (tertiary/aromatic N) is 4. The Balaban J connectivity index is 1.68. The highest BCUT2D eigenvalue weighted by Crippen LogP contribution is 2.33. The number of nitrogens with one attached hydrogen (secondary N) is 1. The van der Waals surface area contributed by atoms with E-state index in [-0.39, 0.29) is 22.3 Å². The van der Waals surface area contributed by atoms with Gasteiger partial charge in [0.05, 0.1) is 28.8 Å². The third-order valence-corrected chi connectivity index (χ3v) is 6.42. The van der Waals surface area contributed by atoms with Crippen LogP contribution in [0.2, 0.25) is 5.15 Å². The fourth-order valence-corrected chi connectivity index (χ4v) is 4.56. The Morgan fingerprint density at radius 3 is 2.74 bits per heavy atom. The average molecular weight is 484 g/mol. The van der Waals surface area contributed by atoms with Crippen molar-refractivity contribution < 1.29 is 4.42 Å². The van der Waals surface area contributed by atoms with E-state index in [4.69, 9.17) is 16.0 Å². The second kappa shape index (κ2) is 8.57. The van der Waals surface area contributed by atoms with Crippen LogP contribution in [-0.4, -0.2) is 14.8 Å². The van der Waals surface area contributed by atoms with Gasteiger partial charge in [-0.2, -0.15) is 10.4 Å². The van der Waals surface area contributed by atoms with Crippen molar-refractivity contribution in [1.29, 1.82) is 5.26 Å². The lowest BCUT2D eigenvalue weighted by molar-refractivity contribution is 0.605. The number of fused-ring (bicyclic) bond motifs is 2. The average Bonchev–Trinajstić information content (AvgIpc) is 3.22. The van der Waals surface area contributed by atoms with Crippen LogP contribution >= 0.6 is 11.6 Å². The van der Waals surface area contributed by atoms with Crippen LogP contribution in [0.3, 0.4) is 0 Å². The van der Waals surface area contributed by atoms with Crippen LogP contribution in [0.25, 0.3) is 33.2 Å². The fraction of sp³-hybridized carbons (Fsp3) is 0.185. The van der Waals surface area contributed by atoms with E-state index in [1.807, 2.05) is 51.2 Å². The van der Waals surface area contributed by atoms with E-state index >= 15 is 0 Å². The minimum absolute atomic E-state index is 0.0736. The van der Waals surface area contributed by atoms with Gasteiger partial charge in [-0.15, -0.1) is 0 Å². The first-order valence-corrected chi connectivity index (χ1v) is 11.5. The van der Waals surface area contributed by atoms with Gasteiger partial charge in [-0.1, -0.05) is 17.7 Å². The molecule has 0 spiro atoms. The van der Waals surface area contributed by atoms with Crippen LogP contribution in [0.5, 0.6) is 0 Å². The molecule has 5 aromatic rings. The van der Waals surface area contributed by atoms with Crippen LogP contribution in [0.1, 0.15) is 35.3 Å². The lowest BCUT2D eigenvalue weighted by atomic mass is 9.98. The Morgan fingerprint density at radius 1 is 1.17 bits per heavy atom. The zero-order valence-electron chi connectivity index (χ0n) is 19.7. The van der Waals surface area contributed by atoms with E-state index in [1.165, 1.54) is 0 Å². The Labute approximate surface area is 206 Å². The van der Waals surface area contributed by atoms with Crippen molar-refractivity contribution in [2.24, 2.45) is 7.05 Å². The smallest absolute Gasteiger partial charge is 0.196 e. The van der Waals surface area contributed by atoms with E-state index in [2.05, 4.69) is 21.5 Å². The molecule has 0 saturated heterocycles. The lowest BCUT2D eigenvalue weighted by Crippen LogP contribution is -2.13. The van der Waals surface area contributed by atoms with E-state index < -0.39 is 0 Å². The number of halogens is 1. The molecule has 7 nitrogen and oxygen atoms in total. The molecule has 0 aliphatic carbocycles. The van der Waals surface area contributed by atoms with Gasteiger partial charge >= 0.3 is 0 Å². The molecule has 5 rings (SSSR count). The van der Waals surface area contributed by atoms with Gasteiger partial charge in [-0.25, -0.2) is 4.98 Å². The second-order valence-electron chi connectivity index (χ2n) is 8.67. The molecular weight excluding hydrogens is 462 g/mol. The topological polar surface area (TPSA) is 96.7 Å². The highest BCUT2D eigenvalue weighted by molar-refractivity contribution is 6.29. The van der Waals surface area contributed by atoms with Gasteiger partial charge in [0.1, 0.15) is 22.6 Å². The Bertz CT molecular complexity index is 1730. The van der Waals surface area contributed by atoms with Gasteiger partial charge in [0.15, 0.2) is 11.1 Å². The number of rotatable bonds is 4. The van der Waals surface area contributed by atoms with Gasteiger partial charge in [-0.3, -0.25) is 9.48 Å².